The second kappa shape index (κ2) is 2.97. The largest absolute Gasteiger partial charge is 0.289 e. The van der Waals surface area contributed by atoms with E-state index in [1.807, 2.05) is 0 Å². The predicted molar refractivity (Wildman–Crippen MR) is 39.8 cm³/mol. The van der Waals surface area contributed by atoms with Crippen LogP contribution in [0.3, 0.4) is 0 Å². The molecule has 0 aromatic heterocycles. The lowest BCUT2D eigenvalue weighted by molar-refractivity contribution is 0.104. The summed E-state index contributed by atoms with van der Waals surface area (Å²) in [5, 5.41) is 0. The van der Waals surface area contributed by atoms with Gasteiger partial charge in [-0.05, 0) is 18.2 Å². The zero-order valence-corrected chi connectivity index (χ0v) is 5.50. The van der Waals surface area contributed by atoms with Crippen molar-refractivity contribution in [1.29, 1.82) is 0 Å². The number of rotatable bonds is 2. The van der Waals surface area contributed by atoms with Gasteiger partial charge in [0.15, 0.2) is 5.78 Å². The highest BCUT2D eigenvalue weighted by molar-refractivity contribution is 6.03. The van der Waals surface area contributed by atoms with Crippen molar-refractivity contribution in [2.45, 2.75) is 0 Å². The normalized spacial score (nSPS) is 8.80. The molecule has 10 heavy (non-hydrogen) atoms. The summed E-state index contributed by atoms with van der Waals surface area (Å²) in [7, 11) is 0. The van der Waals surface area contributed by atoms with E-state index in [0.717, 1.165) is 0 Å². The van der Waals surface area contributed by atoms with Crippen molar-refractivity contribution in [2.75, 3.05) is 0 Å². The molecule has 1 aromatic carbocycles. The van der Waals surface area contributed by atoms with E-state index in [1.54, 1.807) is 24.3 Å². The van der Waals surface area contributed by atoms with Crippen LogP contribution in [0.25, 0.3) is 0 Å². The standard InChI is InChI=1S/C9H7O/c1-2-9(10)8-6-4-3-5-7-8/h2-4,6-7H,1H2. The number of hydrogen-bond acceptors (Lipinski definition) is 1. The summed E-state index contributed by atoms with van der Waals surface area (Å²) in [6.45, 7) is 3.37. The summed E-state index contributed by atoms with van der Waals surface area (Å²) in [6, 6.07) is 9.71. The molecule has 0 saturated heterocycles. The average molecular weight is 131 g/mol. The molecule has 0 spiro atoms. The third-order valence-corrected chi connectivity index (χ3v) is 1.18. The molecular formula is C9H7O. The molecule has 0 saturated carbocycles. The van der Waals surface area contributed by atoms with Gasteiger partial charge in [-0.15, -0.1) is 0 Å². The van der Waals surface area contributed by atoms with E-state index in [4.69, 9.17) is 0 Å². The van der Waals surface area contributed by atoms with Crippen LogP contribution in [-0.2, 0) is 0 Å². The SMILES string of the molecule is C=CC(=O)c1c[c]ccc1. The first-order valence-electron chi connectivity index (χ1n) is 2.97. The third kappa shape index (κ3) is 1.32. The maximum Gasteiger partial charge on any atom is 0.185 e. The Morgan fingerprint density at radius 2 is 2.50 bits per heavy atom. The van der Waals surface area contributed by atoms with Crippen molar-refractivity contribution in [2.24, 2.45) is 0 Å². The number of hydrogen-bond donors (Lipinski definition) is 0. The van der Waals surface area contributed by atoms with E-state index < -0.39 is 0 Å². The van der Waals surface area contributed by atoms with Gasteiger partial charge in [0, 0.05) is 5.56 Å². The molecule has 0 aliphatic rings. The first kappa shape index (κ1) is 6.75. The first-order chi connectivity index (χ1) is 4.84. The van der Waals surface area contributed by atoms with Gasteiger partial charge in [0.1, 0.15) is 0 Å². The van der Waals surface area contributed by atoms with Gasteiger partial charge in [0.05, 0.1) is 0 Å². The Bertz CT molecular complexity index is 236. The Hall–Kier alpha value is -1.37. The number of ketones is 1. The second-order valence-electron chi connectivity index (χ2n) is 1.86. The maximum absolute atomic E-state index is 10.9. The van der Waals surface area contributed by atoms with E-state index in [9.17, 15) is 4.79 Å². The van der Waals surface area contributed by atoms with Crippen molar-refractivity contribution in [3.8, 4) is 0 Å². The Labute approximate surface area is 60.0 Å². The van der Waals surface area contributed by atoms with Crippen LogP contribution in [0.4, 0.5) is 0 Å². The first-order valence-corrected chi connectivity index (χ1v) is 2.97. The number of allylic oxidation sites excluding steroid dienone is 1. The molecule has 0 heterocycles. The van der Waals surface area contributed by atoms with Gasteiger partial charge >= 0.3 is 0 Å². The van der Waals surface area contributed by atoms with Crippen LogP contribution < -0.4 is 0 Å². The molecule has 1 aromatic rings. The summed E-state index contributed by atoms with van der Waals surface area (Å²) in [6.07, 6.45) is 1.29. The second-order valence-corrected chi connectivity index (χ2v) is 1.86. The van der Waals surface area contributed by atoms with Crippen LogP contribution >= 0.6 is 0 Å². The third-order valence-electron chi connectivity index (χ3n) is 1.18. The van der Waals surface area contributed by atoms with Crippen molar-refractivity contribution >= 4 is 5.78 Å². The lowest BCUT2D eigenvalue weighted by Gasteiger charge is -1.90. The van der Waals surface area contributed by atoms with Crippen molar-refractivity contribution in [3.63, 3.8) is 0 Å². The fourth-order valence-corrected chi connectivity index (χ4v) is 0.664. The Kier molecular flexibility index (Phi) is 2.00. The zero-order chi connectivity index (χ0) is 7.40. The Morgan fingerprint density at radius 3 is 3.00 bits per heavy atom. The quantitative estimate of drug-likeness (QED) is 0.442. The minimum Gasteiger partial charge on any atom is -0.289 e. The van der Waals surface area contributed by atoms with E-state index >= 15 is 0 Å². The Balaban J connectivity index is 2.95. The number of benzene rings is 1. The van der Waals surface area contributed by atoms with Gasteiger partial charge in [-0.2, -0.15) is 0 Å². The van der Waals surface area contributed by atoms with Crippen LogP contribution in [0.15, 0.2) is 36.9 Å². The molecule has 0 bridgehead atoms. The lowest BCUT2D eigenvalue weighted by atomic mass is 10.1. The molecular weight excluding hydrogens is 124 g/mol. The van der Waals surface area contributed by atoms with Crippen molar-refractivity contribution < 1.29 is 4.79 Å². The van der Waals surface area contributed by atoms with Crippen LogP contribution in [0, 0.1) is 6.07 Å². The van der Waals surface area contributed by atoms with Gasteiger partial charge in [0.2, 0.25) is 0 Å². The lowest BCUT2D eigenvalue weighted by Crippen LogP contribution is -1.91. The highest BCUT2D eigenvalue weighted by Crippen LogP contribution is 1.98. The summed E-state index contributed by atoms with van der Waals surface area (Å²) < 4.78 is 0. The molecule has 0 amide bonds. The molecule has 1 heteroatoms. The summed E-state index contributed by atoms with van der Waals surface area (Å²) >= 11 is 0. The fourth-order valence-electron chi connectivity index (χ4n) is 0.664. The highest BCUT2D eigenvalue weighted by atomic mass is 16.1. The number of carbonyl (C=O) groups excluding carboxylic acids is 1. The number of carbonyl (C=O) groups is 1. The smallest absolute Gasteiger partial charge is 0.185 e. The highest BCUT2D eigenvalue weighted by Gasteiger charge is 1.96. The van der Waals surface area contributed by atoms with Gasteiger partial charge in [-0.25, -0.2) is 0 Å². The molecule has 0 N–H and O–H groups in total. The average Bonchev–Trinajstić information content (AvgIpc) is 2.05. The van der Waals surface area contributed by atoms with E-state index in [0.29, 0.717) is 5.56 Å². The van der Waals surface area contributed by atoms with Gasteiger partial charge < -0.3 is 0 Å². The van der Waals surface area contributed by atoms with Gasteiger partial charge in [-0.3, -0.25) is 4.79 Å². The van der Waals surface area contributed by atoms with E-state index in [2.05, 4.69) is 12.6 Å². The monoisotopic (exact) mass is 131 g/mol. The van der Waals surface area contributed by atoms with Crippen LogP contribution in [0.1, 0.15) is 10.4 Å². The summed E-state index contributed by atoms with van der Waals surface area (Å²) in [5.41, 5.74) is 0.637. The predicted octanol–water partition coefficient (Wildman–Crippen LogP) is 1.86. The minimum absolute atomic E-state index is 0.0585. The Morgan fingerprint density at radius 1 is 1.70 bits per heavy atom. The molecule has 1 radical (unpaired) electrons. The summed E-state index contributed by atoms with van der Waals surface area (Å²) in [4.78, 5) is 10.9. The van der Waals surface area contributed by atoms with Gasteiger partial charge in [0.25, 0.3) is 0 Å². The molecule has 1 rings (SSSR count). The van der Waals surface area contributed by atoms with E-state index in [-0.39, 0.29) is 5.78 Å². The van der Waals surface area contributed by atoms with E-state index in [1.165, 1.54) is 6.08 Å². The maximum atomic E-state index is 10.9. The molecule has 0 aliphatic heterocycles. The van der Waals surface area contributed by atoms with Crippen LogP contribution in [0.5, 0.6) is 0 Å². The zero-order valence-electron chi connectivity index (χ0n) is 5.50. The van der Waals surface area contributed by atoms with Crippen LogP contribution in [0.2, 0.25) is 0 Å². The topological polar surface area (TPSA) is 17.1 Å². The molecule has 0 atom stereocenters. The van der Waals surface area contributed by atoms with Crippen LogP contribution in [-0.4, -0.2) is 5.78 Å². The van der Waals surface area contributed by atoms with Gasteiger partial charge in [-0.1, -0.05) is 24.8 Å². The fraction of sp³-hybridized carbons (Fsp3) is 0. The van der Waals surface area contributed by atoms with Crippen molar-refractivity contribution in [1.82, 2.24) is 0 Å². The molecule has 0 unspecified atom stereocenters. The minimum atomic E-state index is -0.0585. The molecule has 49 valence electrons. The van der Waals surface area contributed by atoms with Crippen molar-refractivity contribution in [3.05, 3.63) is 48.6 Å². The molecule has 0 aliphatic carbocycles. The molecule has 0 fully saturated rings. The summed E-state index contributed by atoms with van der Waals surface area (Å²) in [5.74, 6) is -0.0585. The molecule has 1 nitrogen and oxygen atoms in total.